The molecule has 17 heavy (non-hydrogen) atoms. The summed E-state index contributed by atoms with van der Waals surface area (Å²) in [6.45, 7) is 1.98. The molecule has 0 bridgehead atoms. The molecule has 5 nitrogen and oxygen atoms in total. The number of nitrogens with one attached hydrogen (secondary N) is 2. The average Bonchev–Trinajstić information content (AvgIpc) is 2.33. The molecule has 2 amide bonds. The van der Waals surface area contributed by atoms with Gasteiger partial charge in [-0.3, -0.25) is 20.4 Å². The summed E-state index contributed by atoms with van der Waals surface area (Å²) in [7, 11) is 0. The highest BCUT2D eigenvalue weighted by molar-refractivity contribution is 5.95. The Bertz CT molecular complexity index is 404. The normalized spacial score (nSPS) is 9.71. The van der Waals surface area contributed by atoms with Gasteiger partial charge in [0.2, 0.25) is 5.91 Å². The molecule has 3 N–H and O–H groups in total. The number of carbonyl (C=O) groups is 2. The van der Waals surface area contributed by atoms with Crippen molar-refractivity contribution in [2.24, 2.45) is 0 Å². The predicted molar refractivity (Wildman–Crippen MR) is 63.2 cm³/mol. The number of benzene rings is 1. The molecule has 0 saturated heterocycles. The molecule has 1 aromatic rings. The highest BCUT2D eigenvalue weighted by Crippen LogP contribution is 2.10. The molecule has 0 unspecified atom stereocenters. The van der Waals surface area contributed by atoms with Gasteiger partial charge in [-0.25, -0.2) is 0 Å². The first-order valence-electron chi connectivity index (χ1n) is 5.51. The van der Waals surface area contributed by atoms with E-state index >= 15 is 0 Å². The fraction of sp³-hybridized carbons (Fsp3) is 0.333. The Hall–Kier alpha value is -2.04. The van der Waals surface area contributed by atoms with Crippen molar-refractivity contribution in [3.05, 3.63) is 29.8 Å². The zero-order valence-electron chi connectivity index (χ0n) is 9.69. The number of phenolic OH excluding ortho intramolecular Hbond substituents is 1. The van der Waals surface area contributed by atoms with Gasteiger partial charge in [0.15, 0.2) is 0 Å². The van der Waals surface area contributed by atoms with E-state index in [2.05, 4.69) is 10.9 Å². The summed E-state index contributed by atoms with van der Waals surface area (Å²) in [4.78, 5) is 22.8. The van der Waals surface area contributed by atoms with E-state index in [1.165, 1.54) is 12.1 Å². The van der Waals surface area contributed by atoms with Gasteiger partial charge in [0.1, 0.15) is 5.75 Å². The quantitative estimate of drug-likeness (QED) is 0.690. The Morgan fingerprint density at radius 2 is 2.06 bits per heavy atom. The number of amides is 2. The van der Waals surface area contributed by atoms with Gasteiger partial charge in [-0.15, -0.1) is 0 Å². The van der Waals surface area contributed by atoms with Gasteiger partial charge >= 0.3 is 0 Å². The van der Waals surface area contributed by atoms with Crippen LogP contribution in [0.1, 0.15) is 36.5 Å². The molecule has 5 heteroatoms. The van der Waals surface area contributed by atoms with Gasteiger partial charge in [0, 0.05) is 12.0 Å². The minimum absolute atomic E-state index is 0.00922. The molecular formula is C12H16N2O3. The monoisotopic (exact) mass is 236 g/mol. The van der Waals surface area contributed by atoms with Gasteiger partial charge in [0.05, 0.1) is 0 Å². The molecular weight excluding hydrogens is 220 g/mol. The third kappa shape index (κ3) is 4.55. The Morgan fingerprint density at radius 1 is 1.29 bits per heavy atom. The first-order chi connectivity index (χ1) is 8.13. The summed E-state index contributed by atoms with van der Waals surface area (Å²) in [5, 5.41) is 9.19. The lowest BCUT2D eigenvalue weighted by Gasteiger charge is -2.07. The molecule has 1 rings (SSSR count). The summed E-state index contributed by atoms with van der Waals surface area (Å²) in [6.07, 6.45) is 2.10. The molecule has 0 aliphatic carbocycles. The molecule has 0 aliphatic rings. The van der Waals surface area contributed by atoms with Crippen LogP contribution in [0.25, 0.3) is 0 Å². The first kappa shape index (κ1) is 13.0. The molecule has 0 atom stereocenters. The van der Waals surface area contributed by atoms with Crippen molar-refractivity contribution in [1.29, 1.82) is 0 Å². The second-order valence-corrected chi connectivity index (χ2v) is 3.66. The van der Waals surface area contributed by atoms with E-state index in [1.54, 1.807) is 12.1 Å². The van der Waals surface area contributed by atoms with Crippen LogP contribution in [0.4, 0.5) is 0 Å². The lowest BCUT2D eigenvalue weighted by Crippen LogP contribution is -2.41. The second kappa shape index (κ2) is 6.52. The zero-order valence-corrected chi connectivity index (χ0v) is 9.69. The summed E-state index contributed by atoms with van der Waals surface area (Å²) < 4.78 is 0. The molecule has 0 aliphatic heterocycles. The molecule has 0 radical (unpaired) electrons. The van der Waals surface area contributed by atoms with Crippen LogP contribution in [0.15, 0.2) is 24.3 Å². The number of phenols is 1. The van der Waals surface area contributed by atoms with Crippen molar-refractivity contribution < 1.29 is 14.7 Å². The van der Waals surface area contributed by atoms with Crippen LogP contribution >= 0.6 is 0 Å². The fourth-order valence-electron chi connectivity index (χ4n) is 1.25. The van der Waals surface area contributed by atoms with E-state index in [1.807, 2.05) is 6.92 Å². The van der Waals surface area contributed by atoms with Crippen LogP contribution in [0.5, 0.6) is 5.75 Å². The van der Waals surface area contributed by atoms with E-state index < -0.39 is 5.91 Å². The van der Waals surface area contributed by atoms with E-state index in [-0.39, 0.29) is 11.7 Å². The van der Waals surface area contributed by atoms with Crippen molar-refractivity contribution >= 4 is 11.8 Å². The minimum atomic E-state index is -0.453. The van der Waals surface area contributed by atoms with Gasteiger partial charge in [-0.05, 0) is 24.6 Å². The van der Waals surface area contributed by atoms with Crippen molar-refractivity contribution in [2.75, 3.05) is 0 Å². The Labute approximate surface area is 99.8 Å². The average molecular weight is 236 g/mol. The fourth-order valence-corrected chi connectivity index (χ4v) is 1.25. The van der Waals surface area contributed by atoms with Crippen LogP contribution in [-0.2, 0) is 4.79 Å². The largest absolute Gasteiger partial charge is 0.508 e. The number of carbonyl (C=O) groups excluding carboxylic acids is 2. The molecule has 0 saturated carbocycles. The molecule has 92 valence electrons. The summed E-state index contributed by atoms with van der Waals surface area (Å²) in [5.41, 5.74) is 4.89. The van der Waals surface area contributed by atoms with Crippen LogP contribution < -0.4 is 10.9 Å². The number of hydrogen-bond donors (Lipinski definition) is 3. The summed E-state index contributed by atoms with van der Waals surface area (Å²) in [6, 6.07) is 5.90. The first-order valence-corrected chi connectivity index (χ1v) is 5.51. The number of aromatic hydroxyl groups is 1. The van der Waals surface area contributed by atoms with Crippen LogP contribution in [0.3, 0.4) is 0 Å². The van der Waals surface area contributed by atoms with E-state index in [0.29, 0.717) is 12.0 Å². The van der Waals surface area contributed by atoms with E-state index in [9.17, 15) is 14.7 Å². The van der Waals surface area contributed by atoms with Gasteiger partial charge in [-0.2, -0.15) is 0 Å². The molecule has 0 spiro atoms. The van der Waals surface area contributed by atoms with E-state index in [4.69, 9.17) is 0 Å². The Kier molecular flexibility index (Phi) is 5.00. The third-order valence-corrected chi connectivity index (χ3v) is 2.18. The summed E-state index contributed by atoms with van der Waals surface area (Å²) in [5.74, 6) is -0.666. The smallest absolute Gasteiger partial charge is 0.269 e. The maximum absolute atomic E-state index is 11.5. The van der Waals surface area contributed by atoms with Crippen molar-refractivity contribution in [1.82, 2.24) is 10.9 Å². The number of rotatable bonds is 4. The highest BCUT2D eigenvalue weighted by Gasteiger charge is 2.07. The van der Waals surface area contributed by atoms with Crippen LogP contribution in [-0.4, -0.2) is 16.9 Å². The Morgan fingerprint density at radius 3 is 2.71 bits per heavy atom. The van der Waals surface area contributed by atoms with Crippen molar-refractivity contribution in [2.45, 2.75) is 26.2 Å². The molecule has 1 aromatic carbocycles. The highest BCUT2D eigenvalue weighted by atomic mass is 16.3. The number of hydrogen-bond acceptors (Lipinski definition) is 3. The number of hydrazine groups is 1. The van der Waals surface area contributed by atoms with Crippen molar-refractivity contribution in [3.63, 3.8) is 0 Å². The Balaban J connectivity index is 2.42. The maximum Gasteiger partial charge on any atom is 0.269 e. The standard InChI is InChI=1S/C12H16N2O3/c1-2-3-7-11(16)13-14-12(17)9-5-4-6-10(15)8-9/h4-6,8,15H,2-3,7H2,1H3,(H,13,16)(H,14,17). The topological polar surface area (TPSA) is 78.4 Å². The van der Waals surface area contributed by atoms with Gasteiger partial charge in [-0.1, -0.05) is 19.4 Å². The van der Waals surface area contributed by atoms with Gasteiger partial charge in [0.25, 0.3) is 5.91 Å². The third-order valence-electron chi connectivity index (χ3n) is 2.18. The van der Waals surface area contributed by atoms with Crippen LogP contribution in [0, 0.1) is 0 Å². The maximum atomic E-state index is 11.5. The molecule has 0 fully saturated rings. The van der Waals surface area contributed by atoms with Crippen molar-refractivity contribution in [3.8, 4) is 5.75 Å². The van der Waals surface area contributed by atoms with Gasteiger partial charge < -0.3 is 5.11 Å². The van der Waals surface area contributed by atoms with Crippen LogP contribution in [0.2, 0.25) is 0 Å². The molecule has 0 heterocycles. The SMILES string of the molecule is CCCCC(=O)NNC(=O)c1cccc(O)c1. The lowest BCUT2D eigenvalue weighted by atomic mass is 10.2. The van der Waals surface area contributed by atoms with E-state index in [0.717, 1.165) is 12.8 Å². The summed E-state index contributed by atoms with van der Waals surface area (Å²) >= 11 is 0. The molecule has 0 aromatic heterocycles. The minimum Gasteiger partial charge on any atom is -0.508 e. The number of unbranched alkanes of at least 4 members (excludes halogenated alkanes) is 1. The zero-order chi connectivity index (χ0) is 12.7. The predicted octanol–water partition coefficient (Wildman–Crippen LogP) is 1.34. The lowest BCUT2D eigenvalue weighted by molar-refractivity contribution is -0.121. The second-order valence-electron chi connectivity index (χ2n) is 3.66.